The lowest BCUT2D eigenvalue weighted by molar-refractivity contribution is 0.298. The van der Waals surface area contributed by atoms with E-state index in [9.17, 15) is 0 Å². The largest absolute Gasteiger partial charge is 0.488 e. The Bertz CT molecular complexity index is 498. The van der Waals surface area contributed by atoms with Crippen LogP contribution in [0, 0.1) is 12.5 Å². The van der Waals surface area contributed by atoms with Crippen LogP contribution in [0.2, 0.25) is 5.82 Å². The molecule has 0 saturated carbocycles. The third-order valence-corrected chi connectivity index (χ3v) is 4.13. The van der Waals surface area contributed by atoms with Crippen LogP contribution in [-0.2, 0) is 0 Å². The fourth-order valence-corrected chi connectivity index (χ4v) is 3.24. The second kappa shape index (κ2) is 4.68. The number of allylic oxidation sites excluding steroid dienone is 3. The van der Waals surface area contributed by atoms with Crippen molar-refractivity contribution in [2.24, 2.45) is 5.92 Å². The number of nitrogens with zero attached hydrogens (tertiary/aromatic N) is 1. The fraction of sp³-hybridized carbons (Fsp3) is 0.353. The van der Waals surface area contributed by atoms with Gasteiger partial charge in [0.2, 0.25) is 6.85 Å². The van der Waals surface area contributed by atoms with Gasteiger partial charge in [-0.1, -0.05) is 74.8 Å². The van der Waals surface area contributed by atoms with E-state index in [0.717, 1.165) is 0 Å². The molecule has 98 valence electrons. The van der Waals surface area contributed by atoms with Crippen molar-refractivity contribution >= 4 is 12.3 Å². The molecule has 1 nitrogen and oxygen atoms in total. The van der Waals surface area contributed by atoms with Crippen LogP contribution in [0.4, 0.5) is 0 Å². The quantitative estimate of drug-likeness (QED) is 0.546. The lowest BCUT2D eigenvalue weighted by atomic mass is 9.44. The summed E-state index contributed by atoms with van der Waals surface area (Å²) in [6, 6.07) is 10.9. The first-order valence-electron chi connectivity index (χ1n) is 7.11. The van der Waals surface area contributed by atoms with Crippen LogP contribution in [0.1, 0.15) is 20.8 Å². The molecule has 2 heteroatoms. The van der Waals surface area contributed by atoms with Gasteiger partial charge in [-0.25, -0.2) is 0 Å². The first-order chi connectivity index (χ1) is 9.07. The summed E-state index contributed by atoms with van der Waals surface area (Å²) in [5, 5.41) is 0. The van der Waals surface area contributed by atoms with Gasteiger partial charge in [-0.2, -0.15) is 0 Å². The first kappa shape index (κ1) is 12.7. The van der Waals surface area contributed by atoms with Crippen molar-refractivity contribution in [3.63, 3.8) is 0 Å². The summed E-state index contributed by atoms with van der Waals surface area (Å²) >= 11 is 0. The second-order valence-corrected chi connectivity index (χ2v) is 6.51. The Labute approximate surface area is 117 Å². The molecule has 1 fully saturated rings. The molecule has 19 heavy (non-hydrogen) atoms. The summed E-state index contributed by atoms with van der Waals surface area (Å²) in [5.41, 5.74) is 1.57. The lowest BCUT2D eigenvalue weighted by Gasteiger charge is -2.45. The van der Waals surface area contributed by atoms with E-state index in [1.54, 1.807) is 0 Å². The van der Waals surface area contributed by atoms with E-state index < -0.39 is 0 Å². The molecule has 1 aromatic rings. The van der Waals surface area contributed by atoms with E-state index in [1.165, 1.54) is 5.46 Å². The van der Waals surface area contributed by atoms with Gasteiger partial charge in [0.25, 0.3) is 0 Å². The molecular formula is C17H21BN-. The Morgan fingerprint density at radius 3 is 2.42 bits per heavy atom. The molecule has 0 spiro atoms. The summed E-state index contributed by atoms with van der Waals surface area (Å²) in [5.74, 6) is 1.10. The maximum atomic E-state index is 2.54. The van der Waals surface area contributed by atoms with Crippen molar-refractivity contribution in [1.29, 1.82) is 0 Å². The molecule has 0 N–H and O–H groups in total. The summed E-state index contributed by atoms with van der Waals surface area (Å²) in [6.45, 7) is 9.76. The van der Waals surface area contributed by atoms with Gasteiger partial charge in [-0.15, -0.1) is 12.0 Å². The van der Waals surface area contributed by atoms with Crippen molar-refractivity contribution < 1.29 is 0 Å². The third kappa shape index (κ3) is 2.30. The molecule has 2 unspecified atom stereocenters. The maximum absolute atomic E-state index is 2.54. The van der Waals surface area contributed by atoms with Crippen LogP contribution in [-0.4, -0.2) is 17.2 Å². The van der Waals surface area contributed by atoms with Crippen molar-refractivity contribution in [3.8, 4) is 0 Å². The Kier molecular flexibility index (Phi) is 3.14. The Hall–Kier alpha value is -1.28. The van der Waals surface area contributed by atoms with E-state index in [0.29, 0.717) is 18.6 Å². The average Bonchev–Trinajstić information content (AvgIpc) is 2.79. The Morgan fingerprint density at radius 1 is 1.05 bits per heavy atom. The van der Waals surface area contributed by atoms with E-state index >= 15 is 0 Å². The number of benzene rings is 1. The number of fused-ring (bicyclic) bond motifs is 1. The normalized spacial score (nSPS) is 26.8. The molecule has 2 aliphatic rings. The van der Waals surface area contributed by atoms with Gasteiger partial charge < -0.3 is 4.81 Å². The zero-order valence-corrected chi connectivity index (χ0v) is 12.0. The highest BCUT2D eigenvalue weighted by atomic mass is 15.2. The minimum absolute atomic E-state index is 0.152. The SMILES string of the molecule is CC(C)(C)N1[CH-]C2C=CC=CC2B1c1ccccc1. The van der Waals surface area contributed by atoms with Gasteiger partial charge in [0.05, 0.1) is 0 Å². The molecule has 1 aliphatic carbocycles. The highest BCUT2D eigenvalue weighted by Crippen LogP contribution is 2.42. The standard InChI is InChI=1S/C17H21BN/c1-17(2,3)19-13-14-9-7-8-12-16(14)18(19)15-10-5-4-6-11-15/h4-14,16H,1-3H3/q-1. The number of hydrogen-bond donors (Lipinski definition) is 0. The van der Waals surface area contributed by atoms with Crippen LogP contribution < -0.4 is 5.46 Å². The molecule has 0 bridgehead atoms. The Morgan fingerprint density at radius 2 is 1.74 bits per heavy atom. The lowest BCUT2D eigenvalue weighted by Crippen LogP contribution is -2.52. The van der Waals surface area contributed by atoms with E-state index in [-0.39, 0.29) is 5.54 Å². The average molecular weight is 250 g/mol. The Balaban J connectivity index is 2.01. The molecule has 1 aliphatic heterocycles. The molecule has 0 aromatic heterocycles. The third-order valence-electron chi connectivity index (χ3n) is 4.13. The topological polar surface area (TPSA) is 3.24 Å². The van der Waals surface area contributed by atoms with Crippen molar-refractivity contribution in [1.82, 2.24) is 4.81 Å². The number of hydrogen-bond acceptors (Lipinski definition) is 1. The van der Waals surface area contributed by atoms with Crippen LogP contribution >= 0.6 is 0 Å². The zero-order valence-electron chi connectivity index (χ0n) is 12.0. The summed E-state index contributed by atoms with van der Waals surface area (Å²) in [4.78, 5) is 2.54. The molecule has 0 radical (unpaired) electrons. The van der Waals surface area contributed by atoms with Gasteiger partial charge in [0.1, 0.15) is 0 Å². The summed E-state index contributed by atoms with van der Waals surface area (Å²) in [7, 11) is 0. The molecule has 1 aromatic carbocycles. The van der Waals surface area contributed by atoms with Crippen LogP contribution in [0.3, 0.4) is 0 Å². The minimum Gasteiger partial charge on any atom is -0.488 e. The summed E-state index contributed by atoms with van der Waals surface area (Å²) < 4.78 is 0. The minimum atomic E-state index is 0.152. The van der Waals surface area contributed by atoms with E-state index in [2.05, 4.69) is 86.8 Å². The highest BCUT2D eigenvalue weighted by molar-refractivity contribution is 6.73. The predicted octanol–water partition coefficient (Wildman–Crippen LogP) is 3.27. The molecule has 1 heterocycles. The molecule has 0 amide bonds. The van der Waals surface area contributed by atoms with Gasteiger partial charge in [-0.3, -0.25) is 6.54 Å². The van der Waals surface area contributed by atoms with Crippen LogP contribution in [0.25, 0.3) is 0 Å². The summed E-state index contributed by atoms with van der Waals surface area (Å²) in [6.07, 6.45) is 9.06. The molecule has 3 rings (SSSR count). The van der Waals surface area contributed by atoms with E-state index in [4.69, 9.17) is 0 Å². The van der Waals surface area contributed by atoms with Crippen molar-refractivity contribution in [2.45, 2.75) is 32.1 Å². The maximum Gasteiger partial charge on any atom is 0.233 e. The van der Waals surface area contributed by atoms with Gasteiger partial charge in [0.15, 0.2) is 0 Å². The van der Waals surface area contributed by atoms with Gasteiger partial charge in [-0.05, 0) is 11.4 Å². The zero-order chi connectivity index (χ0) is 13.5. The molecule has 2 atom stereocenters. The molecular weight excluding hydrogens is 229 g/mol. The predicted molar refractivity (Wildman–Crippen MR) is 83.2 cm³/mol. The van der Waals surface area contributed by atoms with Crippen LogP contribution in [0.5, 0.6) is 0 Å². The second-order valence-electron chi connectivity index (χ2n) is 6.51. The van der Waals surface area contributed by atoms with Crippen LogP contribution in [0.15, 0.2) is 54.6 Å². The van der Waals surface area contributed by atoms with Crippen molar-refractivity contribution in [2.75, 3.05) is 0 Å². The van der Waals surface area contributed by atoms with Gasteiger partial charge >= 0.3 is 0 Å². The molecule has 1 saturated heterocycles. The number of rotatable bonds is 1. The first-order valence-corrected chi connectivity index (χ1v) is 7.11. The smallest absolute Gasteiger partial charge is 0.233 e. The van der Waals surface area contributed by atoms with Gasteiger partial charge in [0, 0.05) is 0 Å². The van der Waals surface area contributed by atoms with E-state index in [1.807, 2.05) is 0 Å². The monoisotopic (exact) mass is 250 g/mol. The fourth-order valence-electron chi connectivity index (χ4n) is 3.24. The highest BCUT2D eigenvalue weighted by Gasteiger charge is 2.40. The van der Waals surface area contributed by atoms with Crippen molar-refractivity contribution in [3.05, 3.63) is 61.2 Å².